The van der Waals surface area contributed by atoms with Gasteiger partial charge in [0.05, 0.1) is 11.3 Å². The van der Waals surface area contributed by atoms with E-state index < -0.39 is 0 Å². The monoisotopic (exact) mass is 347 g/mol. The SMILES string of the molecule is O=C(NCc1cccnc1)c1cnc2c(c1)ncn2-c1cccc(F)c1. The Morgan fingerprint density at radius 2 is 2.04 bits per heavy atom. The minimum absolute atomic E-state index is 0.247. The lowest BCUT2D eigenvalue weighted by Crippen LogP contribution is -2.23. The smallest absolute Gasteiger partial charge is 0.253 e. The average Bonchev–Trinajstić information content (AvgIpc) is 3.10. The van der Waals surface area contributed by atoms with E-state index in [0.717, 1.165) is 5.56 Å². The van der Waals surface area contributed by atoms with Crippen LogP contribution in [0.3, 0.4) is 0 Å². The van der Waals surface area contributed by atoms with Crippen molar-refractivity contribution < 1.29 is 9.18 Å². The van der Waals surface area contributed by atoms with Crippen molar-refractivity contribution in [2.45, 2.75) is 6.54 Å². The van der Waals surface area contributed by atoms with Gasteiger partial charge in [0, 0.05) is 25.1 Å². The number of hydrogen-bond acceptors (Lipinski definition) is 4. The number of hydrogen-bond donors (Lipinski definition) is 1. The molecule has 0 saturated heterocycles. The van der Waals surface area contributed by atoms with Crippen LogP contribution in [0.4, 0.5) is 4.39 Å². The molecule has 0 spiro atoms. The highest BCUT2D eigenvalue weighted by atomic mass is 19.1. The fraction of sp³-hybridized carbons (Fsp3) is 0.0526. The third-order valence-electron chi connectivity index (χ3n) is 3.91. The molecule has 1 amide bonds. The summed E-state index contributed by atoms with van der Waals surface area (Å²) in [7, 11) is 0. The minimum atomic E-state index is -0.337. The zero-order chi connectivity index (χ0) is 17.9. The minimum Gasteiger partial charge on any atom is -0.348 e. The highest BCUT2D eigenvalue weighted by Gasteiger charge is 2.11. The molecule has 1 N–H and O–H groups in total. The molecule has 3 aromatic heterocycles. The molecule has 7 heteroatoms. The van der Waals surface area contributed by atoms with Crippen molar-refractivity contribution >= 4 is 17.1 Å². The quantitative estimate of drug-likeness (QED) is 0.616. The highest BCUT2D eigenvalue weighted by molar-refractivity contribution is 5.96. The molecule has 3 heterocycles. The summed E-state index contributed by atoms with van der Waals surface area (Å²) in [6.07, 6.45) is 6.42. The normalized spacial score (nSPS) is 10.8. The molecule has 4 rings (SSSR count). The van der Waals surface area contributed by atoms with Gasteiger partial charge in [-0.25, -0.2) is 14.4 Å². The molecule has 0 aliphatic carbocycles. The van der Waals surface area contributed by atoms with Gasteiger partial charge in [-0.3, -0.25) is 14.3 Å². The number of carbonyl (C=O) groups excluding carboxylic acids is 1. The maximum absolute atomic E-state index is 13.4. The maximum atomic E-state index is 13.4. The van der Waals surface area contributed by atoms with Crippen LogP contribution in [0.2, 0.25) is 0 Å². The lowest BCUT2D eigenvalue weighted by molar-refractivity contribution is 0.0950. The van der Waals surface area contributed by atoms with Crippen LogP contribution in [0.1, 0.15) is 15.9 Å². The van der Waals surface area contributed by atoms with Gasteiger partial charge in [-0.2, -0.15) is 0 Å². The van der Waals surface area contributed by atoms with Crippen molar-refractivity contribution in [3.05, 3.63) is 84.3 Å². The first-order chi connectivity index (χ1) is 12.7. The largest absolute Gasteiger partial charge is 0.348 e. The molecule has 0 radical (unpaired) electrons. The van der Waals surface area contributed by atoms with E-state index in [-0.39, 0.29) is 11.7 Å². The van der Waals surface area contributed by atoms with Gasteiger partial charge < -0.3 is 5.32 Å². The highest BCUT2D eigenvalue weighted by Crippen LogP contribution is 2.18. The zero-order valence-corrected chi connectivity index (χ0v) is 13.6. The number of halogens is 1. The molecular weight excluding hydrogens is 333 g/mol. The molecule has 0 atom stereocenters. The number of pyridine rings is 2. The van der Waals surface area contributed by atoms with Crippen molar-refractivity contribution in [2.24, 2.45) is 0 Å². The molecule has 0 aliphatic heterocycles. The topological polar surface area (TPSA) is 72.7 Å². The molecule has 0 saturated carbocycles. The fourth-order valence-electron chi connectivity index (χ4n) is 2.63. The summed E-state index contributed by atoms with van der Waals surface area (Å²) in [6.45, 7) is 0.377. The third kappa shape index (κ3) is 3.14. The summed E-state index contributed by atoms with van der Waals surface area (Å²) >= 11 is 0. The van der Waals surface area contributed by atoms with Gasteiger partial charge >= 0.3 is 0 Å². The number of amides is 1. The predicted molar refractivity (Wildman–Crippen MR) is 94.2 cm³/mol. The Bertz CT molecular complexity index is 1080. The van der Waals surface area contributed by atoms with Crippen LogP contribution < -0.4 is 5.32 Å². The molecule has 26 heavy (non-hydrogen) atoms. The van der Waals surface area contributed by atoms with Gasteiger partial charge in [-0.05, 0) is 35.9 Å². The molecule has 0 bridgehead atoms. The van der Waals surface area contributed by atoms with Gasteiger partial charge in [0.1, 0.15) is 17.7 Å². The van der Waals surface area contributed by atoms with Crippen LogP contribution >= 0.6 is 0 Å². The molecule has 6 nitrogen and oxygen atoms in total. The molecule has 1 aromatic carbocycles. The van der Waals surface area contributed by atoms with E-state index in [2.05, 4.69) is 20.3 Å². The lowest BCUT2D eigenvalue weighted by atomic mass is 10.2. The first-order valence-electron chi connectivity index (χ1n) is 7.97. The van der Waals surface area contributed by atoms with E-state index in [1.54, 1.807) is 41.5 Å². The predicted octanol–water partition coefficient (Wildman–Crippen LogP) is 2.88. The number of aromatic nitrogens is 4. The molecule has 128 valence electrons. The molecule has 0 fully saturated rings. The van der Waals surface area contributed by atoms with Crippen LogP contribution in [-0.2, 0) is 6.54 Å². The number of benzene rings is 1. The Hall–Kier alpha value is -3.61. The zero-order valence-electron chi connectivity index (χ0n) is 13.6. The second-order valence-electron chi connectivity index (χ2n) is 5.71. The second kappa shape index (κ2) is 6.72. The Balaban J connectivity index is 1.57. The Morgan fingerprint density at radius 3 is 2.85 bits per heavy atom. The molecular formula is C19H14FN5O. The number of fused-ring (bicyclic) bond motifs is 1. The van der Waals surface area contributed by atoms with Gasteiger partial charge in [0.25, 0.3) is 5.91 Å². The summed E-state index contributed by atoms with van der Waals surface area (Å²) in [5.74, 6) is -0.584. The first kappa shape index (κ1) is 15.9. The van der Waals surface area contributed by atoms with Crippen LogP contribution in [0, 0.1) is 5.82 Å². The number of nitrogens with zero attached hydrogens (tertiary/aromatic N) is 4. The summed E-state index contributed by atoms with van der Waals surface area (Å²) in [6, 6.07) is 11.5. The number of nitrogens with one attached hydrogen (secondary N) is 1. The van der Waals surface area contributed by atoms with Crippen molar-refractivity contribution in [2.75, 3.05) is 0 Å². The van der Waals surface area contributed by atoms with Gasteiger partial charge in [-0.15, -0.1) is 0 Å². The van der Waals surface area contributed by atoms with E-state index in [0.29, 0.717) is 29.0 Å². The summed E-state index contributed by atoms with van der Waals surface area (Å²) < 4.78 is 15.1. The summed E-state index contributed by atoms with van der Waals surface area (Å²) in [4.78, 5) is 24.9. The van der Waals surface area contributed by atoms with E-state index in [4.69, 9.17) is 0 Å². The van der Waals surface area contributed by atoms with Gasteiger partial charge in [-0.1, -0.05) is 12.1 Å². The van der Waals surface area contributed by atoms with E-state index in [1.165, 1.54) is 18.3 Å². The number of carbonyl (C=O) groups is 1. The van der Waals surface area contributed by atoms with E-state index >= 15 is 0 Å². The van der Waals surface area contributed by atoms with Crippen molar-refractivity contribution in [3.8, 4) is 5.69 Å². The first-order valence-corrected chi connectivity index (χ1v) is 7.97. The Labute approximate surface area is 148 Å². The van der Waals surface area contributed by atoms with Crippen molar-refractivity contribution in [1.82, 2.24) is 24.8 Å². The second-order valence-corrected chi connectivity index (χ2v) is 5.71. The molecule has 0 aliphatic rings. The summed E-state index contributed by atoms with van der Waals surface area (Å²) in [5, 5.41) is 2.82. The van der Waals surface area contributed by atoms with Crippen LogP contribution in [0.25, 0.3) is 16.9 Å². The van der Waals surface area contributed by atoms with Gasteiger partial charge in [0.15, 0.2) is 5.65 Å². The van der Waals surface area contributed by atoms with E-state index in [9.17, 15) is 9.18 Å². The van der Waals surface area contributed by atoms with Crippen LogP contribution in [0.15, 0.2) is 67.4 Å². The van der Waals surface area contributed by atoms with Crippen LogP contribution in [0.5, 0.6) is 0 Å². The van der Waals surface area contributed by atoms with Gasteiger partial charge in [0.2, 0.25) is 0 Å². The standard InChI is InChI=1S/C19H14FN5O/c20-15-4-1-5-16(8-15)25-12-24-17-7-14(11-22-18(17)25)19(26)23-10-13-3-2-6-21-9-13/h1-9,11-12H,10H2,(H,23,26). The van der Waals surface area contributed by atoms with Crippen LogP contribution in [-0.4, -0.2) is 25.4 Å². The molecule has 4 aromatic rings. The van der Waals surface area contributed by atoms with E-state index in [1.807, 2.05) is 12.1 Å². The Morgan fingerprint density at radius 1 is 1.12 bits per heavy atom. The fourth-order valence-corrected chi connectivity index (χ4v) is 2.63. The maximum Gasteiger partial charge on any atom is 0.253 e. The summed E-state index contributed by atoms with van der Waals surface area (Å²) in [5.41, 5.74) is 3.05. The van der Waals surface area contributed by atoms with Crippen molar-refractivity contribution in [1.29, 1.82) is 0 Å². The third-order valence-corrected chi connectivity index (χ3v) is 3.91. The average molecular weight is 347 g/mol. The van der Waals surface area contributed by atoms with Crippen molar-refractivity contribution in [3.63, 3.8) is 0 Å². The number of imidazole rings is 1. The lowest BCUT2D eigenvalue weighted by Gasteiger charge is -2.06. The molecule has 0 unspecified atom stereocenters. The Kier molecular flexibility index (Phi) is 4.10. The number of rotatable bonds is 4.